The van der Waals surface area contributed by atoms with Crippen LogP contribution >= 0.6 is 0 Å². The molecule has 0 aliphatic carbocycles. The molecule has 0 N–H and O–H groups in total. The molecule has 5 nitrogen and oxygen atoms in total. The highest BCUT2D eigenvalue weighted by molar-refractivity contribution is 5.89. The maximum atomic E-state index is 12.6. The van der Waals surface area contributed by atoms with Crippen molar-refractivity contribution in [2.75, 3.05) is 13.2 Å². The van der Waals surface area contributed by atoms with Crippen molar-refractivity contribution in [3.63, 3.8) is 0 Å². The van der Waals surface area contributed by atoms with Crippen molar-refractivity contribution in [3.05, 3.63) is 69.6 Å². The van der Waals surface area contributed by atoms with Gasteiger partial charge in [-0.25, -0.2) is 4.79 Å². The van der Waals surface area contributed by atoms with Crippen LogP contribution in [0.2, 0.25) is 0 Å². The molecule has 0 unspecified atom stereocenters. The Kier molecular flexibility index (Phi) is 5.99. The lowest BCUT2D eigenvalue weighted by Crippen LogP contribution is -2.12. The second-order valence-electron chi connectivity index (χ2n) is 6.21. The first-order chi connectivity index (χ1) is 13.6. The molecule has 0 aliphatic heterocycles. The zero-order valence-electron chi connectivity index (χ0n) is 15.5. The van der Waals surface area contributed by atoms with Crippen molar-refractivity contribution in [2.24, 2.45) is 0 Å². The van der Waals surface area contributed by atoms with Gasteiger partial charge in [0.1, 0.15) is 29.8 Å². The second-order valence-corrected chi connectivity index (χ2v) is 6.21. The molecule has 2 aromatic carbocycles. The van der Waals surface area contributed by atoms with E-state index in [0.29, 0.717) is 34.5 Å². The maximum Gasteiger partial charge on any atom is 0.339 e. The molecule has 3 rings (SSSR count). The van der Waals surface area contributed by atoms with Crippen LogP contribution in [0.4, 0.5) is 0 Å². The van der Waals surface area contributed by atoms with Crippen LogP contribution in [-0.2, 0) is 12.8 Å². The van der Waals surface area contributed by atoms with Gasteiger partial charge in [0.25, 0.3) is 0 Å². The molecule has 3 aromatic rings. The number of nitrogens with zero attached hydrogens (tertiary/aromatic N) is 1. The quantitative estimate of drug-likeness (QED) is 0.465. The third kappa shape index (κ3) is 4.16. The predicted molar refractivity (Wildman–Crippen MR) is 107 cm³/mol. The molecule has 0 amide bonds. The van der Waals surface area contributed by atoms with Gasteiger partial charge in [0.15, 0.2) is 6.61 Å². The Morgan fingerprint density at radius 2 is 1.89 bits per heavy atom. The van der Waals surface area contributed by atoms with E-state index in [9.17, 15) is 4.79 Å². The van der Waals surface area contributed by atoms with Gasteiger partial charge in [-0.15, -0.1) is 6.42 Å². The molecule has 0 bridgehead atoms. The summed E-state index contributed by atoms with van der Waals surface area (Å²) in [6.07, 6.45) is 6.60. The molecule has 0 saturated heterocycles. The molecule has 0 spiro atoms. The Hall–Kier alpha value is -3.70. The normalized spacial score (nSPS) is 10.2. The molecule has 0 fully saturated rings. The summed E-state index contributed by atoms with van der Waals surface area (Å²) in [5.41, 5.74) is 2.49. The summed E-state index contributed by atoms with van der Waals surface area (Å²) in [7, 11) is 0. The lowest BCUT2D eigenvalue weighted by atomic mass is 9.99. The Bertz CT molecular complexity index is 1120. The fourth-order valence-electron chi connectivity index (χ4n) is 3.12. The van der Waals surface area contributed by atoms with Crippen LogP contribution in [0.5, 0.6) is 11.5 Å². The van der Waals surface area contributed by atoms with Gasteiger partial charge in [-0.2, -0.15) is 5.26 Å². The summed E-state index contributed by atoms with van der Waals surface area (Å²) >= 11 is 0. The van der Waals surface area contributed by atoms with Crippen LogP contribution in [0.15, 0.2) is 51.7 Å². The molecule has 1 heterocycles. The minimum atomic E-state index is -0.388. The van der Waals surface area contributed by atoms with Crippen LogP contribution in [0.25, 0.3) is 11.0 Å². The summed E-state index contributed by atoms with van der Waals surface area (Å²) in [5.74, 6) is 3.27. The van der Waals surface area contributed by atoms with Crippen LogP contribution in [0.1, 0.15) is 16.7 Å². The van der Waals surface area contributed by atoms with E-state index in [1.807, 2.05) is 43.3 Å². The summed E-state index contributed by atoms with van der Waals surface area (Å²) < 4.78 is 16.6. The third-order valence-electron chi connectivity index (χ3n) is 4.44. The second kappa shape index (κ2) is 8.79. The first-order valence-electron chi connectivity index (χ1n) is 8.84. The fraction of sp³-hybridized carbons (Fsp3) is 0.217. The summed E-state index contributed by atoms with van der Waals surface area (Å²) in [6, 6.07) is 15.1. The van der Waals surface area contributed by atoms with Crippen LogP contribution in [0, 0.1) is 30.6 Å². The number of hydrogen-bond donors (Lipinski definition) is 0. The highest BCUT2D eigenvalue weighted by Gasteiger charge is 2.17. The van der Waals surface area contributed by atoms with Crippen molar-refractivity contribution < 1.29 is 13.9 Å². The van der Waals surface area contributed by atoms with Crippen molar-refractivity contribution in [1.29, 1.82) is 5.26 Å². The standard InChI is InChI=1S/C23H19NO4/c1-3-12-27-20-14-18(26-13-11-24)15-21-22(20)16(2)19(23(25)28-21)10-9-17-7-5-4-6-8-17/h1,4-8,14-15H,9-10,12-13H2,2H3. The highest BCUT2D eigenvalue weighted by atomic mass is 16.5. The largest absolute Gasteiger partial charge is 0.480 e. The number of benzene rings is 2. The van der Waals surface area contributed by atoms with Crippen LogP contribution < -0.4 is 15.1 Å². The first-order valence-corrected chi connectivity index (χ1v) is 8.84. The first kappa shape index (κ1) is 19.1. The number of terminal acetylenes is 1. The van der Waals surface area contributed by atoms with E-state index in [1.54, 1.807) is 12.1 Å². The fourth-order valence-corrected chi connectivity index (χ4v) is 3.12. The number of aryl methyl sites for hydroxylation is 2. The summed E-state index contributed by atoms with van der Waals surface area (Å²) in [5, 5.41) is 9.41. The van der Waals surface area contributed by atoms with E-state index in [0.717, 1.165) is 17.5 Å². The Morgan fingerprint density at radius 3 is 2.61 bits per heavy atom. The predicted octanol–water partition coefficient (Wildman–Crippen LogP) is 3.80. The average Bonchev–Trinajstić information content (AvgIpc) is 2.70. The molecule has 0 aliphatic rings. The Labute approximate surface area is 163 Å². The van der Waals surface area contributed by atoms with Crippen molar-refractivity contribution in [1.82, 2.24) is 0 Å². The van der Waals surface area contributed by atoms with Gasteiger partial charge in [-0.1, -0.05) is 36.3 Å². The van der Waals surface area contributed by atoms with Gasteiger partial charge in [-0.3, -0.25) is 0 Å². The smallest absolute Gasteiger partial charge is 0.339 e. The van der Waals surface area contributed by atoms with Gasteiger partial charge >= 0.3 is 5.63 Å². The van der Waals surface area contributed by atoms with Crippen molar-refractivity contribution in [3.8, 4) is 29.9 Å². The van der Waals surface area contributed by atoms with E-state index in [-0.39, 0.29) is 18.8 Å². The van der Waals surface area contributed by atoms with E-state index < -0.39 is 0 Å². The van der Waals surface area contributed by atoms with Gasteiger partial charge in [0.05, 0.1) is 5.39 Å². The van der Waals surface area contributed by atoms with E-state index in [4.69, 9.17) is 25.6 Å². The van der Waals surface area contributed by atoms with E-state index >= 15 is 0 Å². The van der Waals surface area contributed by atoms with Crippen LogP contribution in [0.3, 0.4) is 0 Å². The number of ether oxygens (including phenoxy) is 2. The Balaban J connectivity index is 2.05. The minimum absolute atomic E-state index is 0.0642. The molecule has 140 valence electrons. The molecule has 5 heteroatoms. The maximum absolute atomic E-state index is 12.6. The van der Waals surface area contributed by atoms with E-state index in [2.05, 4.69) is 5.92 Å². The molecule has 1 aromatic heterocycles. The highest BCUT2D eigenvalue weighted by Crippen LogP contribution is 2.34. The Morgan fingerprint density at radius 1 is 1.11 bits per heavy atom. The van der Waals surface area contributed by atoms with Gasteiger partial charge in [-0.05, 0) is 30.9 Å². The molecular weight excluding hydrogens is 354 g/mol. The molecular formula is C23H19NO4. The molecule has 0 saturated carbocycles. The SMILES string of the molecule is C#CCOc1cc(OCC#N)cc2oc(=O)c(CCc3ccccc3)c(C)c12. The van der Waals surface area contributed by atoms with E-state index in [1.165, 1.54) is 0 Å². The average molecular weight is 373 g/mol. The zero-order valence-corrected chi connectivity index (χ0v) is 15.5. The van der Waals surface area contributed by atoms with Gasteiger partial charge < -0.3 is 13.9 Å². The van der Waals surface area contributed by atoms with Gasteiger partial charge in [0, 0.05) is 17.7 Å². The minimum Gasteiger partial charge on any atom is -0.480 e. The number of fused-ring (bicyclic) bond motifs is 1. The summed E-state index contributed by atoms with van der Waals surface area (Å²) in [4.78, 5) is 12.6. The number of nitriles is 1. The summed E-state index contributed by atoms with van der Waals surface area (Å²) in [6.45, 7) is 1.81. The zero-order chi connectivity index (χ0) is 19.9. The lowest BCUT2D eigenvalue weighted by Gasteiger charge is -2.14. The molecule has 0 atom stereocenters. The molecule has 28 heavy (non-hydrogen) atoms. The van der Waals surface area contributed by atoms with Crippen molar-refractivity contribution in [2.45, 2.75) is 19.8 Å². The third-order valence-corrected chi connectivity index (χ3v) is 4.44. The van der Waals surface area contributed by atoms with Crippen molar-refractivity contribution >= 4 is 11.0 Å². The van der Waals surface area contributed by atoms with Gasteiger partial charge in [0.2, 0.25) is 0 Å². The molecule has 0 radical (unpaired) electrons. The topological polar surface area (TPSA) is 72.5 Å². The number of rotatable bonds is 7. The monoisotopic (exact) mass is 373 g/mol. The number of hydrogen-bond acceptors (Lipinski definition) is 5. The van der Waals surface area contributed by atoms with Crippen LogP contribution in [-0.4, -0.2) is 13.2 Å². The lowest BCUT2D eigenvalue weighted by molar-refractivity contribution is 0.352.